The van der Waals surface area contributed by atoms with E-state index in [1.165, 1.54) is 36.1 Å². The lowest BCUT2D eigenvalue weighted by Crippen LogP contribution is -2.50. The minimum absolute atomic E-state index is 0.00736. The Balaban J connectivity index is 1.43. The van der Waals surface area contributed by atoms with Crippen molar-refractivity contribution < 1.29 is 14.7 Å². The maximum absolute atomic E-state index is 13.0. The molecule has 2 aromatic heterocycles. The maximum Gasteiger partial charge on any atom is 0.257 e. The number of carbonyl (C=O) groups excluding carboxylic acids is 2. The topological polar surface area (TPSA) is 102 Å². The molecule has 1 aliphatic heterocycles. The number of anilines is 3. The van der Waals surface area contributed by atoms with E-state index < -0.39 is 0 Å². The molecular weight excluding hydrogens is 472 g/mol. The molecule has 1 saturated heterocycles. The zero-order chi connectivity index (χ0) is 24.2. The zero-order valence-electron chi connectivity index (χ0n) is 19.2. The first-order valence-corrected chi connectivity index (χ1v) is 12.4. The van der Waals surface area contributed by atoms with Gasteiger partial charge in [0.2, 0.25) is 5.91 Å². The predicted molar refractivity (Wildman–Crippen MR) is 134 cm³/mol. The molecular formula is C23H26N6O3S2. The minimum Gasteiger partial charge on any atom is -0.507 e. The number of phenols is 1. The number of piperazine rings is 1. The highest BCUT2D eigenvalue weighted by Gasteiger charge is 2.25. The number of aromatic hydroxyl groups is 1. The Morgan fingerprint density at radius 2 is 1.85 bits per heavy atom. The summed E-state index contributed by atoms with van der Waals surface area (Å²) in [6.07, 6.45) is 1.77. The highest BCUT2D eigenvalue weighted by atomic mass is 32.2. The monoisotopic (exact) mass is 498 g/mol. The molecule has 3 heterocycles. The normalized spacial score (nSPS) is 13.6. The third kappa shape index (κ3) is 5.60. The quantitative estimate of drug-likeness (QED) is 0.532. The number of nitrogens with zero attached hydrogens (tertiary/aromatic N) is 5. The molecule has 11 heteroatoms. The van der Waals surface area contributed by atoms with E-state index in [1.807, 2.05) is 37.2 Å². The number of benzene rings is 1. The Labute approximate surface area is 206 Å². The van der Waals surface area contributed by atoms with Gasteiger partial charge in [0.15, 0.2) is 5.13 Å². The predicted octanol–water partition coefficient (Wildman–Crippen LogP) is 3.51. The van der Waals surface area contributed by atoms with Crippen molar-refractivity contribution in [3.05, 3.63) is 48.2 Å². The molecule has 0 bridgehead atoms. The van der Waals surface area contributed by atoms with Crippen molar-refractivity contribution in [2.45, 2.75) is 16.0 Å². The number of hydrogen-bond acceptors (Lipinski definition) is 9. The smallest absolute Gasteiger partial charge is 0.257 e. The van der Waals surface area contributed by atoms with E-state index in [4.69, 9.17) is 0 Å². The lowest BCUT2D eigenvalue weighted by atomic mass is 10.1. The lowest BCUT2D eigenvalue weighted by Gasteiger charge is -2.34. The number of hydrogen-bond donors (Lipinski definition) is 2. The Hall–Kier alpha value is -3.31. The average Bonchev–Trinajstić information content (AvgIpc) is 3.26. The summed E-state index contributed by atoms with van der Waals surface area (Å²) in [7, 11) is 3.87. The maximum atomic E-state index is 13.0. The van der Waals surface area contributed by atoms with Gasteiger partial charge in [-0.3, -0.25) is 9.59 Å². The molecule has 0 saturated carbocycles. The van der Waals surface area contributed by atoms with Crippen molar-refractivity contribution >= 4 is 51.7 Å². The van der Waals surface area contributed by atoms with Gasteiger partial charge in [-0.25, -0.2) is 9.97 Å². The average molecular weight is 499 g/mol. The highest BCUT2D eigenvalue weighted by molar-refractivity contribution is 8.01. The first-order chi connectivity index (χ1) is 16.3. The SMILES string of the molecule is CC(=O)N1CCN(C(=O)c2cc(Sc3cnc(Nc4cccc(N(C)C)n4)s3)ccc2O)CC1. The van der Waals surface area contributed by atoms with Crippen LogP contribution in [0.4, 0.5) is 16.8 Å². The first kappa shape index (κ1) is 23.8. The van der Waals surface area contributed by atoms with Gasteiger partial charge < -0.3 is 25.1 Å². The molecule has 1 aromatic carbocycles. The first-order valence-electron chi connectivity index (χ1n) is 10.7. The summed E-state index contributed by atoms with van der Waals surface area (Å²) in [6.45, 7) is 3.42. The van der Waals surface area contributed by atoms with Crippen molar-refractivity contribution in [3.8, 4) is 5.75 Å². The second-order valence-electron chi connectivity index (χ2n) is 7.96. The van der Waals surface area contributed by atoms with Crippen LogP contribution in [0.5, 0.6) is 5.75 Å². The van der Waals surface area contributed by atoms with Crippen LogP contribution in [0.1, 0.15) is 17.3 Å². The summed E-state index contributed by atoms with van der Waals surface area (Å²) >= 11 is 2.95. The van der Waals surface area contributed by atoms with Gasteiger partial charge in [0.05, 0.1) is 16.0 Å². The van der Waals surface area contributed by atoms with Crippen LogP contribution in [0.25, 0.3) is 0 Å². The van der Waals surface area contributed by atoms with E-state index in [-0.39, 0.29) is 23.1 Å². The molecule has 0 unspecified atom stereocenters. The summed E-state index contributed by atoms with van der Waals surface area (Å²) in [6, 6.07) is 10.8. The molecule has 0 radical (unpaired) electrons. The van der Waals surface area contributed by atoms with E-state index >= 15 is 0 Å². The summed E-state index contributed by atoms with van der Waals surface area (Å²) in [5, 5.41) is 14.3. The van der Waals surface area contributed by atoms with Crippen LogP contribution in [0.2, 0.25) is 0 Å². The van der Waals surface area contributed by atoms with Gasteiger partial charge in [-0.2, -0.15) is 0 Å². The molecule has 2 N–H and O–H groups in total. The van der Waals surface area contributed by atoms with Crippen LogP contribution < -0.4 is 10.2 Å². The van der Waals surface area contributed by atoms with Crippen LogP contribution in [-0.2, 0) is 4.79 Å². The van der Waals surface area contributed by atoms with Crippen molar-refractivity contribution in [1.82, 2.24) is 19.8 Å². The fourth-order valence-electron chi connectivity index (χ4n) is 3.48. The largest absolute Gasteiger partial charge is 0.507 e. The zero-order valence-corrected chi connectivity index (χ0v) is 20.8. The number of phenolic OH excluding ortho intramolecular Hbond substituents is 1. The Morgan fingerprint density at radius 1 is 1.12 bits per heavy atom. The summed E-state index contributed by atoms with van der Waals surface area (Å²) in [4.78, 5) is 39.7. The van der Waals surface area contributed by atoms with E-state index in [1.54, 1.807) is 28.1 Å². The van der Waals surface area contributed by atoms with Crippen LogP contribution in [0.15, 0.2) is 51.7 Å². The van der Waals surface area contributed by atoms with E-state index in [2.05, 4.69) is 15.3 Å². The third-order valence-electron chi connectivity index (χ3n) is 5.34. The van der Waals surface area contributed by atoms with E-state index in [9.17, 15) is 14.7 Å². The molecule has 0 aliphatic carbocycles. The summed E-state index contributed by atoms with van der Waals surface area (Å²) in [5.41, 5.74) is 0.258. The van der Waals surface area contributed by atoms with Gasteiger partial charge in [0.1, 0.15) is 17.4 Å². The van der Waals surface area contributed by atoms with Gasteiger partial charge in [0, 0.05) is 52.1 Å². The molecule has 1 aliphatic rings. The van der Waals surface area contributed by atoms with Crippen LogP contribution in [0, 0.1) is 0 Å². The van der Waals surface area contributed by atoms with E-state index in [0.717, 1.165) is 14.9 Å². The molecule has 0 spiro atoms. The fourth-order valence-corrected chi connectivity index (χ4v) is 5.38. The molecule has 4 rings (SSSR count). The van der Waals surface area contributed by atoms with Gasteiger partial charge >= 0.3 is 0 Å². The van der Waals surface area contributed by atoms with Crippen molar-refractivity contribution in [1.29, 1.82) is 0 Å². The number of amides is 2. The number of rotatable bonds is 6. The van der Waals surface area contributed by atoms with Crippen LogP contribution in [-0.4, -0.2) is 77.0 Å². The van der Waals surface area contributed by atoms with Gasteiger partial charge in [-0.05, 0) is 30.3 Å². The second-order valence-corrected chi connectivity index (χ2v) is 10.4. The number of nitrogens with one attached hydrogen (secondary N) is 1. The second kappa shape index (κ2) is 10.3. The van der Waals surface area contributed by atoms with Crippen LogP contribution in [0.3, 0.4) is 0 Å². The van der Waals surface area contributed by atoms with Gasteiger partial charge in [0.25, 0.3) is 5.91 Å². The molecule has 178 valence electrons. The Morgan fingerprint density at radius 3 is 2.56 bits per heavy atom. The van der Waals surface area contributed by atoms with Crippen molar-refractivity contribution in [2.75, 3.05) is 50.5 Å². The lowest BCUT2D eigenvalue weighted by molar-refractivity contribution is -0.130. The molecule has 1 fully saturated rings. The number of aromatic nitrogens is 2. The van der Waals surface area contributed by atoms with Crippen molar-refractivity contribution in [3.63, 3.8) is 0 Å². The molecule has 9 nitrogen and oxygen atoms in total. The third-order valence-corrected chi connectivity index (χ3v) is 7.34. The minimum atomic E-state index is -0.235. The standard InChI is InChI=1S/C23H26N6O3S2/c1-15(30)28-9-11-29(12-10-28)22(32)17-13-16(7-8-18(17)31)33-21-14-24-23(34-21)26-19-5-4-6-20(25-19)27(2)3/h4-8,13-14,31H,9-12H2,1-3H3,(H,24,25,26). The highest BCUT2D eigenvalue weighted by Crippen LogP contribution is 2.36. The molecule has 3 aromatic rings. The summed E-state index contributed by atoms with van der Waals surface area (Å²) < 4.78 is 0.936. The Bertz CT molecular complexity index is 1190. The molecule has 2 amide bonds. The number of carbonyl (C=O) groups is 2. The van der Waals surface area contributed by atoms with Gasteiger partial charge in [-0.15, -0.1) is 0 Å². The summed E-state index contributed by atoms with van der Waals surface area (Å²) in [5.74, 6) is 1.27. The van der Waals surface area contributed by atoms with Crippen molar-refractivity contribution in [2.24, 2.45) is 0 Å². The van der Waals surface area contributed by atoms with E-state index in [0.29, 0.717) is 37.1 Å². The van der Waals surface area contributed by atoms with Gasteiger partial charge in [-0.1, -0.05) is 29.2 Å². The fraction of sp³-hybridized carbons (Fsp3) is 0.304. The number of thiazole rings is 1. The van der Waals surface area contributed by atoms with Crippen LogP contribution >= 0.6 is 23.1 Å². The molecule has 34 heavy (non-hydrogen) atoms. The Kier molecular flexibility index (Phi) is 7.23. The molecule has 0 atom stereocenters. The number of pyridine rings is 1.